The summed E-state index contributed by atoms with van der Waals surface area (Å²) in [6.07, 6.45) is 1.33. The van der Waals surface area contributed by atoms with Crippen LogP contribution in [0.5, 0.6) is 0 Å². The van der Waals surface area contributed by atoms with E-state index in [0.717, 1.165) is 5.56 Å². The standard InChI is InChI=1S/C21H26FNO5/c1-13(2)18-11-20(26)23(12-14-3-5-15(22)6-4-14)19(18)8-7-16(24)9-17(25)10-21(27)28/h3-8,13,17-19,25H,9-12H2,1-2H3,(H,27,28)/t17-,18?,19?/m1/s1. The number of carboxylic acid groups (broad SMARTS) is 1. The molecule has 0 saturated carbocycles. The van der Waals surface area contributed by atoms with E-state index < -0.39 is 24.3 Å². The Balaban J connectivity index is 2.12. The second-order valence-electron chi connectivity index (χ2n) is 7.53. The third-order valence-corrected chi connectivity index (χ3v) is 4.98. The minimum atomic E-state index is -1.24. The number of nitrogens with zero attached hydrogens (tertiary/aromatic N) is 1. The number of likely N-dealkylation sites (tertiary alicyclic amines) is 1. The number of allylic oxidation sites excluding steroid dienone is 1. The van der Waals surface area contributed by atoms with Gasteiger partial charge in [-0.05, 0) is 35.6 Å². The van der Waals surface area contributed by atoms with Crippen molar-refractivity contribution in [1.29, 1.82) is 0 Å². The Hall–Kier alpha value is -2.54. The fourth-order valence-electron chi connectivity index (χ4n) is 3.47. The summed E-state index contributed by atoms with van der Waals surface area (Å²) in [6, 6.07) is 5.64. The van der Waals surface area contributed by atoms with E-state index in [-0.39, 0.29) is 36.0 Å². The van der Waals surface area contributed by atoms with Crippen molar-refractivity contribution in [3.63, 3.8) is 0 Å². The molecule has 1 aliphatic heterocycles. The molecular formula is C21H26FNO5. The SMILES string of the molecule is CC(C)C1CC(=O)N(Cc2ccc(F)cc2)C1C=CC(=O)C[C@@H](O)CC(=O)O. The Morgan fingerprint density at radius 2 is 1.89 bits per heavy atom. The first kappa shape index (κ1) is 21.8. The lowest BCUT2D eigenvalue weighted by Crippen LogP contribution is -2.34. The molecule has 2 N–H and O–H groups in total. The first-order valence-corrected chi connectivity index (χ1v) is 9.32. The van der Waals surface area contributed by atoms with Crippen molar-refractivity contribution in [3.05, 3.63) is 47.8 Å². The summed E-state index contributed by atoms with van der Waals surface area (Å²) in [4.78, 5) is 36.9. The average molecular weight is 391 g/mol. The molecule has 1 aliphatic rings. The summed E-state index contributed by atoms with van der Waals surface area (Å²) in [5.74, 6) is -1.70. The van der Waals surface area contributed by atoms with Gasteiger partial charge in [-0.15, -0.1) is 0 Å². The van der Waals surface area contributed by atoms with Crippen molar-refractivity contribution in [2.75, 3.05) is 0 Å². The van der Waals surface area contributed by atoms with Gasteiger partial charge in [0.25, 0.3) is 0 Å². The van der Waals surface area contributed by atoms with Crippen LogP contribution in [0, 0.1) is 17.7 Å². The molecule has 0 spiro atoms. The topological polar surface area (TPSA) is 94.9 Å². The third kappa shape index (κ3) is 5.99. The number of carbonyl (C=O) groups is 3. The average Bonchev–Trinajstić information content (AvgIpc) is 2.90. The molecule has 152 valence electrons. The van der Waals surface area contributed by atoms with Gasteiger partial charge in [-0.1, -0.05) is 32.1 Å². The molecule has 1 amide bonds. The van der Waals surface area contributed by atoms with Gasteiger partial charge in [-0.25, -0.2) is 4.39 Å². The summed E-state index contributed by atoms with van der Waals surface area (Å²) in [6.45, 7) is 4.34. The largest absolute Gasteiger partial charge is 0.481 e. The number of hydrogen-bond acceptors (Lipinski definition) is 4. The fraction of sp³-hybridized carbons (Fsp3) is 0.476. The maximum absolute atomic E-state index is 13.1. The molecule has 1 fully saturated rings. The van der Waals surface area contributed by atoms with Crippen LogP contribution in [-0.2, 0) is 20.9 Å². The first-order valence-electron chi connectivity index (χ1n) is 9.32. The number of carbonyl (C=O) groups excluding carboxylic acids is 2. The predicted octanol–water partition coefficient (Wildman–Crippen LogP) is 2.55. The maximum atomic E-state index is 13.1. The van der Waals surface area contributed by atoms with Crippen LogP contribution in [0.25, 0.3) is 0 Å². The molecule has 2 unspecified atom stereocenters. The Bertz CT molecular complexity index is 744. The molecule has 3 atom stereocenters. The van der Waals surface area contributed by atoms with Gasteiger partial charge >= 0.3 is 5.97 Å². The highest BCUT2D eigenvalue weighted by Gasteiger charge is 2.39. The third-order valence-electron chi connectivity index (χ3n) is 4.98. The van der Waals surface area contributed by atoms with Crippen molar-refractivity contribution < 1.29 is 29.0 Å². The second-order valence-corrected chi connectivity index (χ2v) is 7.53. The number of hydrogen-bond donors (Lipinski definition) is 2. The van der Waals surface area contributed by atoms with Gasteiger partial charge in [0, 0.05) is 19.4 Å². The van der Waals surface area contributed by atoms with Gasteiger partial charge in [-0.2, -0.15) is 0 Å². The van der Waals surface area contributed by atoms with E-state index in [1.54, 1.807) is 23.1 Å². The zero-order valence-electron chi connectivity index (χ0n) is 16.0. The van der Waals surface area contributed by atoms with Gasteiger partial charge < -0.3 is 15.1 Å². The molecule has 1 aromatic carbocycles. The zero-order chi connectivity index (χ0) is 20.8. The minimum Gasteiger partial charge on any atom is -0.481 e. The number of amides is 1. The van der Waals surface area contributed by atoms with Crippen molar-refractivity contribution in [1.82, 2.24) is 4.90 Å². The Morgan fingerprint density at radius 3 is 2.46 bits per heavy atom. The number of carboxylic acids is 1. The van der Waals surface area contributed by atoms with Crippen LogP contribution in [0.15, 0.2) is 36.4 Å². The van der Waals surface area contributed by atoms with E-state index in [0.29, 0.717) is 13.0 Å². The Morgan fingerprint density at radius 1 is 1.25 bits per heavy atom. The lowest BCUT2D eigenvalue weighted by Gasteiger charge is -2.27. The highest BCUT2D eigenvalue weighted by atomic mass is 19.1. The van der Waals surface area contributed by atoms with E-state index in [1.165, 1.54) is 18.2 Å². The number of rotatable bonds is 9. The number of aliphatic hydroxyl groups is 1. The molecule has 28 heavy (non-hydrogen) atoms. The lowest BCUT2D eigenvalue weighted by molar-refractivity contribution is -0.139. The molecule has 0 bridgehead atoms. The van der Waals surface area contributed by atoms with Crippen LogP contribution in [0.4, 0.5) is 4.39 Å². The van der Waals surface area contributed by atoms with Crippen LogP contribution in [-0.4, -0.2) is 44.9 Å². The predicted molar refractivity (Wildman–Crippen MR) is 101 cm³/mol. The molecule has 1 saturated heterocycles. The van der Waals surface area contributed by atoms with E-state index in [4.69, 9.17) is 5.11 Å². The summed E-state index contributed by atoms with van der Waals surface area (Å²) < 4.78 is 13.1. The van der Waals surface area contributed by atoms with Gasteiger partial charge in [0.15, 0.2) is 5.78 Å². The Kier molecular flexibility index (Phi) is 7.45. The maximum Gasteiger partial charge on any atom is 0.305 e. The number of benzene rings is 1. The van der Waals surface area contributed by atoms with Crippen LogP contribution in [0.1, 0.15) is 38.7 Å². The summed E-state index contributed by atoms with van der Waals surface area (Å²) in [5.41, 5.74) is 0.792. The Labute approximate surface area is 163 Å². The van der Waals surface area contributed by atoms with E-state index >= 15 is 0 Å². The second kappa shape index (κ2) is 9.59. The van der Waals surface area contributed by atoms with Crippen LogP contribution >= 0.6 is 0 Å². The molecule has 0 radical (unpaired) electrons. The van der Waals surface area contributed by atoms with Crippen molar-refractivity contribution in [2.24, 2.45) is 11.8 Å². The molecule has 0 aliphatic carbocycles. The number of aliphatic carboxylic acids is 1. The van der Waals surface area contributed by atoms with E-state index in [2.05, 4.69) is 0 Å². The normalized spacial score (nSPS) is 20.9. The van der Waals surface area contributed by atoms with E-state index in [9.17, 15) is 23.9 Å². The molecule has 6 nitrogen and oxygen atoms in total. The number of ketones is 1. The summed E-state index contributed by atoms with van der Waals surface area (Å²) in [7, 11) is 0. The zero-order valence-corrected chi connectivity index (χ0v) is 16.0. The summed E-state index contributed by atoms with van der Waals surface area (Å²) >= 11 is 0. The highest BCUT2D eigenvalue weighted by molar-refractivity contribution is 5.90. The van der Waals surface area contributed by atoms with Crippen LogP contribution in [0.2, 0.25) is 0 Å². The minimum absolute atomic E-state index is 0.0286. The van der Waals surface area contributed by atoms with Gasteiger partial charge in [0.05, 0.1) is 18.6 Å². The number of aliphatic hydroxyl groups excluding tert-OH is 1. The van der Waals surface area contributed by atoms with Gasteiger partial charge in [0.2, 0.25) is 5.91 Å². The first-order chi connectivity index (χ1) is 13.2. The molecule has 1 heterocycles. The van der Waals surface area contributed by atoms with Crippen LogP contribution < -0.4 is 0 Å². The smallest absolute Gasteiger partial charge is 0.305 e. The quantitative estimate of drug-likeness (QED) is 0.631. The molecular weight excluding hydrogens is 365 g/mol. The lowest BCUT2D eigenvalue weighted by atomic mass is 9.88. The fourth-order valence-corrected chi connectivity index (χ4v) is 3.47. The summed E-state index contributed by atoms with van der Waals surface area (Å²) in [5, 5.41) is 18.3. The molecule has 2 rings (SSSR count). The van der Waals surface area contributed by atoms with Crippen molar-refractivity contribution in [2.45, 2.75) is 51.8 Å². The van der Waals surface area contributed by atoms with Gasteiger partial charge in [0.1, 0.15) is 5.82 Å². The molecule has 7 heteroatoms. The van der Waals surface area contributed by atoms with Crippen molar-refractivity contribution in [3.8, 4) is 0 Å². The van der Waals surface area contributed by atoms with E-state index in [1.807, 2.05) is 13.8 Å². The van der Waals surface area contributed by atoms with Crippen LogP contribution in [0.3, 0.4) is 0 Å². The molecule has 0 aromatic heterocycles. The van der Waals surface area contributed by atoms with Crippen molar-refractivity contribution >= 4 is 17.7 Å². The molecule has 1 aromatic rings. The highest BCUT2D eigenvalue weighted by Crippen LogP contribution is 2.33. The number of halogens is 1. The van der Waals surface area contributed by atoms with Gasteiger partial charge in [-0.3, -0.25) is 14.4 Å². The monoisotopic (exact) mass is 391 g/mol.